The fourth-order valence-corrected chi connectivity index (χ4v) is 7.25. The molecule has 1 spiro atoms. The molecule has 0 amide bonds. The van der Waals surface area contributed by atoms with E-state index in [0.29, 0.717) is 26.1 Å². The Bertz CT molecular complexity index is 669. The second kappa shape index (κ2) is 5.39. The summed E-state index contributed by atoms with van der Waals surface area (Å²) in [7, 11) is 0. The van der Waals surface area contributed by atoms with Gasteiger partial charge in [-0.05, 0) is 61.9 Å². The first-order valence-corrected chi connectivity index (χ1v) is 10.2. The van der Waals surface area contributed by atoms with Gasteiger partial charge in [0.2, 0.25) is 5.79 Å². The van der Waals surface area contributed by atoms with E-state index in [1.807, 2.05) is 0 Å². The normalized spacial score (nSPS) is 52.4. The largest absolute Gasteiger partial charge is 0.393 e. The van der Waals surface area contributed by atoms with Crippen molar-refractivity contribution >= 4 is 5.78 Å². The number of carbonyl (C=O) groups is 1. The van der Waals surface area contributed by atoms with Gasteiger partial charge in [-0.3, -0.25) is 4.79 Å². The van der Waals surface area contributed by atoms with Gasteiger partial charge in [-0.1, -0.05) is 19.4 Å². The molecule has 0 aromatic rings. The summed E-state index contributed by atoms with van der Waals surface area (Å²) in [5.74, 6) is -0.970. The fourth-order valence-electron chi connectivity index (χ4n) is 7.25. The minimum Gasteiger partial charge on any atom is -0.393 e. The third-order valence-corrected chi connectivity index (χ3v) is 8.70. The van der Waals surface area contributed by atoms with Crippen LogP contribution in [0.25, 0.3) is 0 Å². The minimum absolute atomic E-state index is 0.0386. The molecule has 0 bridgehead atoms. The molecule has 1 N–H and O–H groups in total. The van der Waals surface area contributed by atoms with Gasteiger partial charge in [0.05, 0.1) is 19.3 Å². The smallest absolute Gasteiger partial charge is 0.205 e. The molecule has 5 aliphatic rings. The van der Waals surface area contributed by atoms with E-state index in [-0.39, 0.29) is 35.1 Å². The van der Waals surface area contributed by atoms with Crippen molar-refractivity contribution in [2.24, 2.45) is 28.6 Å². The fraction of sp³-hybridized carbons (Fsp3) is 0.857. The van der Waals surface area contributed by atoms with Crippen LogP contribution in [0.2, 0.25) is 0 Å². The van der Waals surface area contributed by atoms with Gasteiger partial charge in [0.1, 0.15) is 0 Å². The molecule has 4 fully saturated rings. The number of rotatable bonds is 0. The molecular formula is C21H29FO4. The molecular weight excluding hydrogens is 335 g/mol. The van der Waals surface area contributed by atoms with Crippen LogP contribution in [0.5, 0.6) is 0 Å². The standard InChI is InChI=1S/C21H29FO4/c1-19-5-3-13(23)9-12(19)10-16(24)18-14(19)4-6-20(2)15(18)11-17(22)21(20)25-7-8-26-21/h10,13-15,17-18,23H,3-9,11H2,1-2H3/t13-,14+,15+,17-,18-,19+,20+/m1/s1. The number of aliphatic hydroxyl groups excluding tert-OH is 1. The molecule has 4 nitrogen and oxygen atoms in total. The number of ketones is 1. The lowest BCUT2D eigenvalue weighted by Gasteiger charge is -2.57. The van der Waals surface area contributed by atoms with E-state index in [9.17, 15) is 9.90 Å². The molecule has 0 unspecified atom stereocenters. The van der Waals surface area contributed by atoms with Gasteiger partial charge < -0.3 is 14.6 Å². The van der Waals surface area contributed by atoms with Crippen molar-refractivity contribution in [1.29, 1.82) is 0 Å². The molecule has 1 aliphatic heterocycles. The summed E-state index contributed by atoms with van der Waals surface area (Å²) >= 11 is 0. The van der Waals surface area contributed by atoms with Crippen molar-refractivity contribution in [1.82, 2.24) is 0 Å². The van der Waals surface area contributed by atoms with E-state index < -0.39 is 17.4 Å². The number of alkyl halides is 1. The van der Waals surface area contributed by atoms with Crippen molar-refractivity contribution in [3.8, 4) is 0 Å². The van der Waals surface area contributed by atoms with E-state index in [2.05, 4.69) is 13.8 Å². The van der Waals surface area contributed by atoms with Crippen molar-refractivity contribution in [3.63, 3.8) is 0 Å². The maximum atomic E-state index is 15.2. The highest BCUT2D eigenvalue weighted by Gasteiger charge is 2.72. The van der Waals surface area contributed by atoms with Gasteiger partial charge in [-0.2, -0.15) is 0 Å². The van der Waals surface area contributed by atoms with Crippen LogP contribution < -0.4 is 0 Å². The molecule has 1 saturated heterocycles. The summed E-state index contributed by atoms with van der Waals surface area (Å²) in [5, 5.41) is 10.1. The molecule has 5 heteroatoms. The van der Waals surface area contributed by atoms with Crippen LogP contribution in [-0.4, -0.2) is 42.2 Å². The first-order valence-electron chi connectivity index (χ1n) is 10.2. The quantitative estimate of drug-likeness (QED) is 0.717. The highest BCUT2D eigenvalue weighted by Crippen LogP contribution is 2.68. The molecule has 1 heterocycles. The van der Waals surface area contributed by atoms with E-state index >= 15 is 4.39 Å². The van der Waals surface area contributed by atoms with Gasteiger partial charge in [0.15, 0.2) is 12.0 Å². The van der Waals surface area contributed by atoms with Crippen LogP contribution in [0.1, 0.15) is 52.4 Å². The number of hydrogen-bond donors (Lipinski definition) is 1. The first kappa shape index (κ1) is 17.3. The lowest BCUT2D eigenvalue weighted by atomic mass is 9.47. The number of aliphatic hydroxyl groups is 1. The Kier molecular flexibility index (Phi) is 3.59. The second-order valence-corrected chi connectivity index (χ2v) is 9.65. The summed E-state index contributed by atoms with van der Waals surface area (Å²) in [6.07, 6.45) is 4.68. The Morgan fingerprint density at radius 2 is 1.88 bits per heavy atom. The maximum Gasteiger partial charge on any atom is 0.205 e. The number of allylic oxidation sites excluding steroid dienone is 1. The van der Waals surface area contributed by atoms with Gasteiger partial charge in [-0.25, -0.2) is 4.39 Å². The summed E-state index contributed by atoms with van der Waals surface area (Å²) in [5.41, 5.74) is 0.622. The molecule has 0 radical (unpaired) electrons. The Morgan fingerprint density at radius 1 is 1.15 bits per heavy atom. The summed E-state index contributed by atoms with van der Waals surface area (Å²) in [4.78, 5) is 13.2. The Morgan fingerprint density at radius 3 is 2.62 bits per heavy atom. The number of ether oxygens (including phenoxy) is 2. The van der Waals surface area contributed by atoms with E-state index in [4.69, 9.17) is 9.47 Å². The number of fused-ring (bicyclic) bond motifs is 6. The molecule has 26 heavy (non-hydrogen) atoms. The average molecular weight is 364 g/mol. The van der Waals surface area contributed by atoms with E-state index in [1.54, 1.807) is 6.08 Å². The SMILES string of the molecule is C[C@]12CC[C@@H](O)CC1=CC(=O)[C@@H]1[C@@H]2CC[C@@]2(C)[C@H]1C[C@@H](F)C21OCCO1. The number of carbonyl (C=O) groups excluding carboxylic acids is 1. The summed E-state index contributed by atoms with van der Waals surface area (Å²) in [6, 6.07) is 0. The van der Waals surface area contributed by atoms with Gasteiger partial charge >= 0.3 is 0 Å². The van der Waals surface area contributed by atoms with Crippen LogP contribution in [0.3, 0.4) is 0 Å². The van der Waals surface area contributed by atoms with Gasteiger partial charge in [0.25, 0.3) is 0 Å². The third-order valence-electron chi connectivity index (χ3n) is 8.70. The molecule has 0 aromatic carbocycles. The first-order chi connectivity index (χ1) is 12.3. The predicted octanol–water partition coefficient (Wildman–Crippen LogP) is 3.18. The molecule has 144 valence electrons. The predicted molar refractivity (Wildman–Crippen MR) is 93.0 cm³/mol. The molecule has 4 aliphatic carbocycles. The zero-order valence-electron chi connectivity index (χ0n) is 15.7. The molecule has 3 saturated carbocycles. The monoisotopic (exact) mass is 364 g/mol. The minimum atomic E-state index is -1.17. The van der Waals surface area contributed by atoms with Crippen LogP contribution in [-0.2, 0) is 14.3 Å². The van der Waals surface area contributed by atoms with Crippen molar-refractivity contribution in [3.05, 3.63) is 11.6 Å². The van der Waals surface area contributed by atoms with Crippen LogP contribution >= 0.6 is 0 Å². The van der Waals surface area contributed by atoms with Crippen LogP contribution in [0, 0.1) is 28.6 Å². The van der Waals surface area contributed by atoms with E-state index in [1.165, 1.54) is 0 Å². The summed E-state index contributed by atoms with van der Waals surface area (Å²) < 4.78 is 27.0. The van der Waals surface area contributed by atoms with Gasteiger partial charge in [-0.15, -0.1) is 0 Å². The Labute approximate surface area is 154 Å². The Balaban J connectivity index is 1.56. The number of hydrogen-bond acceptors (Lipinski definition) is 4. The molecule has 5 rings (SSSR count). The van der Waals surface area contributed by atoms with Gasteiger partial charge in [0, 0.05) is 11.3 Å². The average Bonchev–Trinajstić information content (AvgIpc) is 3.17. The Hall–Kier alpha value is -0.780. The number of halogens is 1. The third kappa shape index (κ3) is 1.92. The lowest BCUT2D eigenvalue weighted by molar-refractivity contribution is -0.261. The van der Waals surface area contributed by atoms with E-state index in [0.717, 1.165) is 31.3 Å². The molecule has 7 atom stereocenters. The topological polar surface area (TPSA) is 55.8 Å². The zero-order valence-corrected chi connectivity index (χ0v) is 15.7. The maximum absolute atomic E-state index is 15.2. The molecule has 0 aromatic heterocycles. The van der Waals surface area contributed by atoms with Crippen molar-refractivity contribution in [2.45, 2.75) is 70.4 Å². The highest BCUT2D eigenvalue weighted by atomic mass is 19.1. The highest BCUT2D eigenvalue weighted by molar-refractivity contribution is 5.94. The van der Waals surface area contributed by atoms with Crippen molar-refractivity contribution in [2.75, 3.05) is 13.2 Å². The summed E-state index contributed by atoms with van der Waals surface area (Å²) in [6.45, 7) is 5.21. The zero-order chi connectivity index (χ0) is 18.3. The van der Waals surface area contributed by atoms with Crippen LogP contribution in [0.4, 0.5) is 4.39 Å². The van der Waals surface area contributed by atoms with Crippen molar-refractivity contribution < 1.29 is 23.8 Å². The lowest BCUT2D eigenvalue weighted by Crippen LogP contribution is -2.58. The second-order valence-electron chi connectivity index (χ2n) is 9.65. The van der Waals surface area contributed by atoms with Crippen LogP contribution in [0.15, 0.2) is 11.6 Å².